The zero-order valence-electron chi connectivity index (χ0n) is 25.3. The Morgan fingerprint density at radius 1 is 0.929 bits per heavy atom. The van der Waals surface area contributed by atoms with Gasteiger partial charge in [0.2, 0.25) is 0 Å². The lowest BCUT2D eigenvalue weighted by Gasteiger charge is -2.27. The first-order chi connectivity index (χ1) is 20.4. The van der Waals surface area contributed by atoms with Gasteiger partial charge in [-0.05, 0) is 75.3 Å². The fourth-order valence-corrected chi connectivity index (χ4v) is 5.42. The van der Waals surface area contributed by atoms with Crippen LogP contribution in [0.3, 0.4) is 0 Å². The highest BCUT2D eigenvalue weighted by Crippen LogP contribution is 2.43. The molecule has 2 aliphatic heterocycles. The average molecular weight is 581 g/mol. The van der Waals surface area contributed by atoms with Gasteiger partial charge in [0.1, 0.15) is 19.0 Å². The van der Waals surface area contributed by atoms with Crippen LogP contribution in [0.25, 0.3) is 5.76 Å². The molecule has 0 spiro atoms. The molecule has 0 aliphatic carbocycles. The Morgan fingerprint density at radius 3 is 2.40 bits per heavy atom. The van der Waals surface area contributed by atoms with E-state index in [9.17, 15) is 14.7 Å². The largest absolute Gasteiger partial charge is 0.507 e. The molecule has 4 rings (SSSR count). The predicted octanol–water partition coefficient (Wildman–Crippen LogP) is 5.58. The standard InChI is InChI=1S/C33H44N2O7/c1-5-9-10-18-40-25-14-12-23(21-27(25)39-8-4)30-29(31(36)24-13-15-26-28(22-24)42-20-19-41-26)32(37)33(38)35(30)17-11-16-34(6-2)7-3/h12-15,21-22,30,36H,5-11,16-20H2,1-4H3/b31-29+/t30-/m1/s1. The number of carbonyl (C=O) groups excluding carboxylic acids is 2. The van der Waals surface area contributed by atoms with Gasteiger partial charge in [-0.3, -0.25) is 9.59 Å². The van der Waals surface area contributed by atoms with E-state index in [4.69, 9.17) is 18.9 Å². The molecule has 1 N–H and O–H groups in total. The van der Waals surface area contributed by atoms with Crippen molar-refractivity contribution in [1.29, 1.82) is 0 Å². The first kappa shape index (κ1) is 31.2. The van der Waals surface area contributed by atoms with E-state index in [0.717, 1.165) is 38.9 Å². The van der Waals surface area contributed by atoms with Gasteiger partial charge in [0.25, 0.3) is 11.7 Å². The number of fused-ring (bicyclic) bond motifs is 1. The number of aliphatic hydroxyl groups is 1. The Hall–Kier alpha value is -3.72. The van der Waals surface area contributed by atoms with Gasteiger partial charge >= 0.3 is 0 Å². The number of ketones is 1. The summed E-state index contributed by atoms with van der Waals surface area (Å²) < 4.78 is 23.3. The minimum atomic E-state index is -0.789. The van der Waals surface area contributed by atoms with Crippen molar-refractivity contribution in [1.82, 2.24) is 9.80 Å². The zero-order valence-corrected chi connectivity index (χ0v) is 25.3. The van der Waals surface area contributed by atoms with Crippen molar-refractivity contribution in [3.63, 3.8) is 0 Å². The quantitative estimate of drug-likeness (QED) is 0.126. The number of likely N-dealkylation sites (tertiary alicyclic amines) is 1. The molecule has 9 nitrogen and oxygen atoms in total. The Labute approximate surface area is 249 Å². The van der Waals surface area contributed by atoms with Crippen LogP contribution < -0.4 is 18.9 Å². The van der Waals surface area contributed by atoms with Gasteiger partial charge in [0.05, 0.1) is 24.8 Å². The third-order valence-electron chi connectivity index (χ3n) is 7.71. The highest BCUT2D eigenvalue weighted by molar-refractivity contribution is 6.46. The average Bonchev–Trinajstić information content (AvgIpc) is 3.26. The molecule has 1 fully saturated rings. The van der Waals surface area contributed by atoms with E-state index in [2.05, 4.69) is 25.7 Å². The van der Waals surface area contributed by atoms with Crippen molar-refractivity contribution in [2.24, 2.45) is 0 Å². The summed E-state index contributed by atoms with van der Waals surface area (Å²) in [5.74, 6) is 0.617. The number of benzene rings is 2. The molecule has 2 aliphatic rings. The summed E-state index contributed by atoms with van der Waals surface area (Å²) in [6, 6.07) is 9.73. The molecule has 42 heavy (non-hydrogen) atoms. The minimum Gasteiger partial charge on any atom is -0.507 e. The van der Waals surface area contributed by atoms with Gasteiger partial charge in [-0.2, -0.15) is 0 Å². The number of hydrogen-bond donors (Lipinski definition) is 1. The van der Waals surface area contributed by atoms with Crippen LogP contribution >= 0.6 is 0 Å². The lowest BCUT2D eigenvalue weighted by molar-refractivity contribution is -0.140. The van der Waals surface area contributed by atoms with E-state index in [0.29, 0.717) is 73.5 Å². The third kappa shape index (κ3) is 7.01. The number of ether oxygens (including phenoxy) is 4. The number of rotatable bonds is 15. The summed E-state index contributed by atoms with van der Waals surface area (Å²) >= 11 is 0. The second-order valence-electron chi connectivity index (χ2n) is 10.4. The first-order valence-electron chi connectivity index (χ1n) is 15.2. The van der Waals surface area contributed by atoms with Crippen LogP contribution in [0.15, 0.2) is 42.0 Å². The van der Waals surface area contributed by atoms with Crippen molar-refractivity contribution >= 4 is 17.4 Å². The number of carbonyl (C=O) groups is 2. The molecule has 0 aromatic heterocycles. The molecule has 0 unspecified atom stereocenters. The van der Waals surface area contributed by atoms with E-state index in [-0.39, 0.29) is 11.3 Å². The highest BCUT2D eigenvalue weighted by atomic mass is 16.6. The SMILES string of the molecule is CCCCCOc1ccc([C@@H]2/C(=C(\O)c3ccc4c(c3)OCCO4)C(=O)C(=O)N2CCCN(CC)CC)cc1OCC. The van der Waals surface area contributed by atoms with Crippen molar-refractivity contribution in [2.45, 2.75) is 59.4 Å². The molecule has 0 bridgehead atoms. The third-order valence-corrected chi connectivity index (χ3v) is 7.71. The summed E-state index contributed by atoms with van der Waals surface area (Å²) in [4.78, 5) is 30.9. The van der Waals surface area contributed by atoms with Crippen LogP contribution in [0.5, 0.6) is 23.0 Å². The number of hydrogen-bond acceptors (Lipinski definition) is 8. The van der Waals surface area contributed by atoms with Crippen LogP contribution in [-0.4, -0.2) is 79.2 Å². The van der Waals surface area contributed by atoms with E-state index >= 15 is 0 Å². The summed E-state index contributed by atoms with van der Waals surface area (Å²) in [5, 5.41) is 11.6. The normalized spacial score (nSPS) is 17.6. The number of unbranched alkanes of at least 4 members (excludes halogenated alkanes) is 2. The Bertz CT molecular complexity index is 1270. The number of Topliss-reactive ketones (excluding diaryl/α,β-unsaturated/α-hetero) is 1. The summed E-state index contributed by atoms with van der Waals surface area (Å²) in [6.07, 6.45) is 3.79. The van der Waals surface area contributed by atoms with Gasteiger partial charge in [-0.15, -0.1) is 0 Å². The topological polar surface area (TPSA) is 97.8 Å². The smallest absolute Gasteiger partial charge is 0.295 e. The second-order valence-corrected chi connectivity index (χ2v) is 10.4. The molecular formula is C33H44N2O7. The zero-order chi connectivity index (χ0) is 30.1. The van der Waals surface area contributed by atoms with Gasteiger partial charge < -0.3 is 33.9 Å². The van der Waals surface area contributed by atoms with Crippen molar-refractivity contribution in [3.05, 3.63) is 53.1 Å². The maximum atomic E-state index is 13.6. The van der Waals surface area contributed by atoms with Crippen molar-refractivity contribution in [2.75, 3.05) is 52.6 Å². The Balaban J connectivity index is 1.74. The van der Waals surface area contributed by atoms with Gasteiger partial charge in [0, 0.05) is 12.1 Å². The van der Waals surface area contributed by atoms with Gasteiger partial charge in [0.15, 0.2) is 23.0 Å². The van der Waals surface area contributed by atoms with Crippen LogP contribution in [-0.2, 0) is 9.59 Å². The number of amides is 1. The molecule has 2 aromatic carbocycles. The molecule has 1 atom stereocenters. The van der Waals surface area contributed by atoms with Gasteiger partial charge in [-0.25, -0.2) is 0 Å². The van der Waals surface area contributed by atoms with Crippen LogP contribution in [0, 0.1) is 0 Å². The van der Waals surface area contributed by atoms with Gasteiger partial charge in [-0.1, -0.05) is 39.7 Å². The molecule has 9 heteroatoms. The van der Waals surface area contributed by atoms with E-state index in [1.54, 1.807) is 23.1 Å². The maximum Gasteiger partial charge on any atom is 0.295 e. The van der Waals surface area contributed by atoms with E-state index < -0.39 is 17.7 Å². The molecular weight excluding hydrogens is 536 g/mol. The summed E-state index contributed by atoms with van der Waals surface area (Å²) in [5.41, 5.74) is 1.09. The minimum absolute atomic E-state index is 0.0404. The maximum absolute atomic E-state index is 13.6. The van der Waals surface area contributed by atoms with Crippen LogP contribution in [0.2, 0.25) is 0 Å². The monoisotopic (exact) mass is 580 g/mol. The first-order valence-corrected chi connectivity index (χ1v) is 15.2. The number of aliphatic hydroxyl groups excluding tert-OH is 1. The molecule has 228 valence electrons. The molecule has 2 aromatic rings. The summed E-state index contributed by atoms with van der Waals surface area (Å²) in [6.45, 7) is 13.0. The van der Waals surface area contributed by atoms with E-state index in [1.807, 2.05) is 25.1 Å². The molecule has 1 amide bonds. The highest BCUT2D eigenvalue weighted by Gasteiger charge is 2.46. The van der Waals surface area contributed by atoms with Crippen LogP contribution in [0.1, 0.15) is 70.5 Å². The fraction of sp³-hybridized carbons (Fsp3) is 0.515. The molecule has 0 radical (unpaired) electrons. The molecule has 1 saturated heterocycles. The molecule has 0 saturated carbocycles. The van der Waals surface area contributed by atoms with E-state index in [1.165, 1.54) is 0 Å². The summed E-state index contributed by atoms with van der Waals surface area (Å²) in [7, 11) is 0. The second kappa shape index (κ2) is 15.0. The lowest BCUT2D eigenvalue weighted by Crippen LogP contribution is -2.33. The van der Waals surface area contributed by atoms with Crippen molar-refractivity contribution in [3.8, 4) is 23.0 Å². The number of nitrogens with zero attached hydrogens (tertiary/aromatic N) is 2. The fourth-order valence-electron chi connectivity index (χ4n) is 5.42. The Kier molecular flexibility index (Phi) is 11.1. The van der Waals surface area contributed by atoms with Crippen molar-refractivity contribution < 1.29 is 33.6 Å². The molecule has 2 heterocycles. The van der Waals surface area contributed by atoms with Crippen LogP contribution in [0.4, 0.5) is 0 Å². The lowest BCUT2D eigenvalue weighted by atomic mass is 9.94. The predicted molar refractivity (Wildman–Crippen MR) is 161 cm³/mol. The Morgan fingerprint density at radius 2 is 1.69 bits per heavy atom.